The molecule has 5 rings (SSSR count). The van der Waals surface area contributed by atoms with Gasteiger partial charge in [0.05, 0.1) is 5.39 Å². The largest absolute Gasteiger partial charge is 0.357 e. The fourth-order valence-corrected chi connectivity index (χ4v) is 5.81. The van der Waals surface area contributed by atoms with Crippen LogP contribution in [0.1, 0.15) is 105 Å². The molecular formula is C26H37N5O2. The number of fused-ring (bicyclic) bond motifs is 1. The van der Waals surface area contributed by atoms with Crippen LogP contribution in [0.25, 0.3) is 11.0 Å². The van der Waals surface area contributed by atoms with Crippen molar-refractivity contribution in [3.8, 4) is 0 Å². The number of carbonyl (C=O) groups excluding carboxylic acids is 2. The van der Waals surface area contributed by atoms with Crippen LogP contribution in [0, 0.1) is 5.92 Å². The Morgan fingerprint density at radius 3 is 2.15 bits per heavy atom. The molecule has 0 aromatic carbocycles. The van der Waals surface area contributed by atoms with Gasteiger partial charge in [-0.25, -0.2) is 4.98 Å². The molecule has 7 heteroatoms. The van der Waals surface area contributed by atoms with Gasteiger partial charge in [-0.2, -0.15) is 9.78 Å². The number of pyridine rings is 1. The van der Waals surface area contributed by atoms with Gasteiger partial charge in [-0.1, -0.05) is 51.4 Å². The summed E-state index contributed by atoms with van der Waals surface area (Å²) >= 11 is 0. The number of hydrogen-bond acceptors (Lipinski definition) is 5. The number of hydrogen-bond donors (Lipinski definition) is 1. The van der Waals surface area contributed by atoms with Crippen LogP contribution in [0.5, 0.6) is 0 Å². The van der Waals surface area contributed by atoms with Crippen LogP contribution in [0.4, 0.5) is 5.82 Å². The molecule has 2 aromatic rings. The van der Waals surface area contributed by atoms with E-state index < -0.39 is 0 Å². The van der Waals surface area contributed by atoms with Gasteiger partial charge in [0.1, 0.15) is 5.82 Å². The average Bonchev–Trinajstić information content (AvgIpc) is 3.03. The molecule has 0 radical (unpaired) electrons. The minimum atomic E-state index is -0.175. The van der Waals surface area contributed by atoms with E-state index in [-0.39, 0.29) is 23.8 Å². The summed E-state index contributed by atoms with van der Waals surface area (Å²) in [6, 6.07) is 4.16. The normalized spacial score (nSPS) is 21.2. The van der Waals surface area contributed by atoms with Crippen LogP contribution in [-0.4, -0.2) is 45.7 Å². The molecule has 1 aliphatic heterocycles. The van der Waals surface area contributed by atoms with Crippen LogP contribution in [0.3, 0.4) is 0 Å². The first kappa shape index (κ1) is 22.4. The maximum Gasteiger partial charge on any atom is 0.272 e. The summed E-state index contributed by atoms with van der Waals surface area (Å²) in [4.78, 5) is 34.0. The molecule has 1 saturated heterocycles. The molecule has 3 fully saturated rings. The summed E-state index contributed by atoms with van der Waals surface area (Å²) < 4.78 is 1.46. The zero-order valence-corrected chi connectivity index (χ0v) is 19.7. The van der Waals surface area contributed by atoms with Crippen molar-refractivity contribution < 1.29 is 9.59 Å². The summed E-state index contributed by atoms with van der Waals surface area (Å²) in [5, 5.41) is 8.48. The van der Waals surface area contributed by atoms with Gasteiger partial charge in [0.15, 0.2) is 11.3 Å². The van der Waals surface area contributed by atoms with Gasteiger partial charge in [-0.3, -0.25) is 9.59 Å². The fourth-order valence-electron chi connectivity index (χ4n) is 5.81. The maximum atomic E-state index is 13.5. The summed E-state index contributed by atoms with van der Waals surface area (Å²) in [6.07, 6.45) is 15.6. The Labute approximate surface area is 196 Å². The fraction of sp³-hybridized carbons (Fsp3) is 0.692. The molecule has 0 atom stereocenters. The van der Waals surface area contributed by atoms with E-state index in [1.54, 1.807) is 0 Å². The lowest BCUT2D eigenvalue weighted by molar-refractivity contribution is 0.0789. The predicted molar refractivity (Wildman–Crippen MR) is 130 cm³/mol. The average molecular weight is 452 g/mol. The lowest BCUT2D eigenvalue weighted by Crippen LogP contribution is -2.36. The Morgan fingerprint density at radius 1 is 0.818 bits per heavy atom. The summed E-state index contributed by atoms with van der Waals surface area (Å²) in [6.45, 7) is 1.97. The van der Waals surface area contributed by atoms with Crippen LogP contribution >= 0.6 is 0 Å². The molecular weight excluding hydrogens is 414 g/mol. The molecule has 2 aromatic heterocycles. The van der Waals surface area contributed by atoms with Crippen LogP contribution < -0.4 is 10.2 Å². The number of amides is 1. The topological polar surface area (TPSA) is 80.1 Å². The lowest BCUT2D eigenvalue weighted by atomic mass is 9.89. The Hall–Kier alpha value is -2.44. The van der Waals surface area contributed by atoms with Crippen molar-refractivity contribution in [2.24, 2.45) is 5.92 Å². The second-order valence-electron chi connectivity index (χ2n) is 10.2. The Kier molecular flexibility index (Phi) is 6.93. The van der Waals surface area contributed by atoms with E-state index >= 15 is 0 Å². The highest BCUT2D eigenvalue weighted by Crippen LogP contribution is 2.29. The lowest BCUT2D eigenvalue weighted by Gasteiger charge is -2.22. The van der Waals surface area contributed by atoms with E-state index in [1.165, 1.54) is 30.4 Å². The van der Waals surface area contributed by atoms with Crippen LogP contribution in [-0.2, 0) is 0 Å². The smallest absolute Gasteiger partial charge is 0.272 e. The third kappa shape index (κ3) is 4.92. The molecule has 178 valence electrons. The first-order chi connectivity index (χ1) is 16.2. The van der Waals surface area contributed by atoms with Gasteiger partial charge < -0.3 is 10.2 Å². The van der Waals surface area contributed by atoms with E-state index in [0.29, 0.717) is 16.7 Å². The highest BCUT2D eigenvalue weighted by Gasteiger charge is 2.29. The number of nitrogens with zero attached hydrogens (tertiary/aromatic N) is 4. The first-order valence-corrected chi connectivity index (χ1v) is 13.2. The summed E-state index contributed by atoms with van der Waals surface area (Å²) in [5.41, 5.74) is 0.885. The van der Waals surface area contributed by atoms with E-state index in [9.17, 15) is 9.59 Å². The van der Waals surface area contributed by atoms with E-state index in [1.807, 2.05) is 12.1 Å². The molecule has 0 spiro atoms. The molecule has 3 aliphatic rings. The highest BCUT2D eigenvalue weighted by molar-refractivity contribution is 6.06. The van der Waals surface area contributed by atoms with Gasteiger partial charge in [0.2, 0.25) is 0 Å². The Balaban J connectivity index is 1.49. The second kappa shape index (κ2) is 10.2. The third-order valence-corrected chi connectivity index (χ3v) is 7.76. The van der Waals surface area contributed by atoms with Gasteiger partial charge in [-0.05, 0) is 50.7 Å². The quantitative estimate of drug-likeness (QED) is 0.700. The zero-order chi connectivity index (χ0) is 22.6. The van der Waals surface area contributed by atoms with Crippen LogP contribution in [0.15, 0.2) is 12.1 Å². The van der Waals surface area contributed by atoms with Gasteiger partial charge in [0.25, 0.3) is 11.8 Å². The number of aromatic nitrogens is 3. The molecule has 0 bridgehead atoms. The predicted octanol–water partition coefficient (Wildman–Crippen LogP) is 5.09. The molecule has 3 heterocycles. The number of rotatable bonds is 4. The highest BCUT2D eigenvalue weighted by atomic mass is 16.2. The monoisotopic (exact) mass is 451 g/mol. The summed E-state index contributed by atoms with van der Waals surface area (Å²) in [7, 11) is 0. The number of carbonyl (C=O) groups is 2. The van der Waals surface area contributed by atoms with E-state index in [0.717, 1.165) is 83.1 Å². The van der Waals surface area contributed by atoms with E-state index in [2.05, 4.69) is 15.3 Å². The first-order valence-electron chi connectivity index (χ1n) is 13.2. The van der Waals surface area contributed by atoms with Crippen molar-refractivity contribution in [1.29, 1.82) is 0 Å². The van der Waals surface area contributed by atoms with Gasteiger partial charge in [-0.15, -0.1) is 0 Å². The van der Waals surface area contributed by atoms with Gasteiger partial charge in [0, 0.05) is 25.0 Å². The minimum Gasteiger partial charge on any atom is -0.357 e. The molecule has 1 N–H and O–H groups in total. The molecule has 33 heavy (non-hydrogen) atoms. The van der Waals surface area contributed by atoms with Crippen molar-refractivity contribution in [3.05, 3.63) is 17.8 Å². The molecule has 2 aliphatic carbocycles. The van der Waals surface area contributed by atoms with Crippen molar-refractivity contribution >= 4 is 28.7 Å². The van der Waals surface area contributed by atoms with Gasteiger partial charge >= 0.3 is 0 Å². The summed E-state index contributed by atoms with van der Waals surface area (Å²) in [5.74, 6) is 0.685. The Morgan fingerprint density at radius 2 is 1.45 bits per heavy atom. The van der Waals surface area contributed by atoms with Crippen molar-refractivity contribution in [2.45, 2.75) is 95.9 Å². The van der Waals surface area contributed by atoms with Crippen molar-refractivity contribution in [2.75, 3.05) is 18.0 Å². The molecule has 1 amide bonds. The van der Waals surface area contributed by atoms with Crippen molar-refractivity contribution in [3.63, 3.8) is 0 Å². The van der Waals surface area contributed by atoms with E-state index in [4.69, 9.17) is 4.98 Å². The second-order valence-corrected chi connectivity index (χ2v) is 10.2. The zero-order valence-electron chi connectivity index (χ0n) is 19.7. The molecule has 7 nitrogen and oxygen atoms in total. The van der Waals surface area contributed by atoms with Crippen molar-refractivity contribution in [1.82, 2.24) is 20.1 Å². The Bertz CT molecular complexity index is 980. The molecule has 0 unspecified atom stereocenters. The standard InChI is InChI=1S/C26H37N5O2/c32-25(27-20-13-7-4-8-14-20)23-21-15-16-22(30-17-9-1-2-10-18-30)28-24(21)31(29-23)26(33)19-11-5-3-6-12-19/h15-16,19-20H,1-14,17-18H2,(H,27,32). The number of anilines is 1. The molecule has 2 saturated carbocycles. The minimum absolute atomic E-state index is 0.00284. The number of nitrogens with one attached hydrogen (secondary N) is 1. The SMILES string of the molecule is O=C(NC1CCCCC1)c1nn(C(=O)C2CCCCC2)c2nc(N3CCCCCC3)ccc12. The third-order valence-electron chi connectivity index (χ3n) is 7.76. The van der Waals surface area contributed by atoms with Crippen LogP contribution in [0.2, 0.25) is 0 Å². The maximum absolute atomic E-state index is 13.5.